The van der Waals surface area contributed by atoms with E-state index in [1.165, 1.54) is 10.8 Å². The molecule has 0 aliphatic rings. The molecule has 0 bridgehead atoms. The lowest BCUT2D eigenvalue weighted by atomic mass is 10.00. The van der Waals surface area contributed by atoms with Crippen molar-refractivity contribution in [3.8, 4) is 16.8 Å². The molecule has 0 amide bonds. The first-order valence-corrected chi connectivity index (χ1v) is 21.3. The molecule has 0 atom stereocenters. The Hall–Kier alpha value is -8.40. The summed E-state index contributed by atoms with van der Waals surface area (Å²) < 4.78 is 40.1. The number of hydrogen-bond donors (Lipinski definition) is 0. The number of anilines is 6. The first-order chi connectivity index (χ1) is 32.9. The molecule has 0 radical (unpaired) electrons. The fourth-order valence-corrected chi connectivity index (χ4v) is 9.11. The lowest BCUT2D eigenvalue weighted by Gasteiger charge is -2.26. The van der Waals surface area contributed by atoms with Crippen LogP contribution in [0, 0.1) is 0 Å². The van der Waals surface area contributed by atoms with E-state index < -0.39 is 0 Å². The molecule has 12 rings (SSSR count). The summed E-state index contributed by atoms with van der Waals surface area (Å²) in [6.45, 7) is 0. The lowest BCUT2D eigenvalue weighted by molar-refractivity contribution is 1.18. The van der Waals surface area contributed by atoms with Crippen LogP contribution in [0.15, 0.2) is 249 Å². The third-order valence-corrected chi connectivity index (χ3v) is 12.1. The van der Waals surface area contributed by atoms with Gasteiger partial charge in [-0.05, 0) is 147 Å². The molecule has 11 aromatic carbocycles. The summed E-state index contributed by atoms with van der Waals surface area (Å²) >= 11 is 0. The van der Waals surface area contributed by atoms with Gasteiger partial charge in [-0.15, -0.1) is 0 Å². The molecule has 0 saturated carbocycles. The first kappa shape index (κ1) is 32.4. The largest absolute Gasteiger partial charge is 0.310 e. The van der Waals surface area contributed by atoms with E-state index in [9.17, 15) is 5.48 Å². The maximum Gasteiger partial charge on any atom is 0.0645 e. The Labute approximate surface area is 372 Å². The molecule has 0 spiro atoms. The van der Waals surface area contributed by atoms with Crippen molar-refractivity contribution in [1.82, 2.24) is 4.57 Å². The molecule has 0 fully saturated rings. The predicted molar refractivity (Wildman–Crippen MR) is 268 cm³/mol. The monoisotopic (exact) mass is 807 g/mol. The number of fused-ring (bicyclic) bond motifs is 6. The number of nitrogens with zero attached hydrogens (tertiary/aromatic N) is 3. The quantitative estimate of drug-likeness (QED) is 0.151. The Bertz CT molecular complexity index is 3860. The Morgan fingerprint density at radius 2 is 0.746 bits per heavy atom. The molecular weight excluding hydrogens is 763 g/mol. The minimum absolute atomic E-state index is 0.0971. The van der Waals surface area contributed by atoms with Gasteiger partial charge >= 0.3 is 0 Å². The normalized spacial score (nSPS) is 12.4. The first-order valence-electron chi connectivity index (χ1n) is 23.3. The maximum atomic E-state index is 9.47. The van der Waals surface area contributed by atoms with Crippen molar-refractivity contribution < 1.29 is 5.48 Å². The zero-order valence-electron chi connectivity index (χ0n) is 38.2. The van der Waals surface area contributed by atoms with Crippen molar-refractivity contribution in [3.05, 3.63) is 249 Å². The van der Waals surface area contributed by atoms with Crippen LogP contribution >= 0.6 is 0 Å². The van der Waals surface area contributed by atoms with Crippen LogP contribution in [0.2, 0.25) is 0 Å². The van der Waals surface area contributed by atoms with Crippen molar-refractivity contribution >= 4 is 88.2 Å². The highest BCUT2D eigenvalue weighted by atomic mass is 15.1. The molecule has 0 aliphatic carbocycles. The molecule has 0 saturated heterocycles. The summed E-state index contributed by atoms with van der Waals surface area (Å²) in [6, 6.07) is 76.4. The highest BCUT2D eigenvalue weighted by molar-refractivity contribution is 6.11. The van der Waals surface area contributed by atoms with Crippen LogP contribution in [0.4, 0.5) is 34.1 Å². The van der Waals surface area contributed by atoms with E-state index in [0.717, 1.165) is 77.5 Å². The van der Waals surface area contributed by atoms with Gasteiger partial charge < -0.3 is 14.4 Å². The molecule has 0 N–H and O–H groups in total. The van der Waals surface area contributed by atoms with Crippen molar-refractivity contribution in [2.75, 3.05) is 9.80 Å². The van der Waals surface area contributed by atoms with Crippen LogP contribution in [0.1, 0.15) is 5.48 Å². The molecule has 0 aliphatic heterocycles. The van der Waals surface area contributed by atoms with Gasteiger partial charge in [0.05, 0.1) is 16.5 Å². The van der Waals surface area contributed by atoms with E-state index in [1.807, 2.05) is 95.9 Å². The third-order valence-electron chi connectivity index (χ3n) is 12.1. The highest BCUT2D eigenvalue weighted by Gasteiger charge is 2.19. The topological polar surface area (TPSA) is 11.4 Å². The van der Waals surface area contributed by atoms with Crippen molar-refractivity contribution in [2.45, 2.75) is 0 Å². The SMILES string of the molecule is [2H]c1c([2H])c(N(c2ccccc2)c2ccc3ccccc3c2)c([2H])c([2H])c1-c1ccc2cc(N(c3ccc4ccccc4c3)c3ccc4c(c3)c3ccccc3n4-c3ccccc3)ccc2c1. The number of rotatable bonds is 8. The van der Waals surface area contributed by atoms with Crippen molar-refractivity contribution in [2.24, 2.45) is 0 Å². The average Bonchev–Trinajstić information content (AvgIpc) is 3.71. The van der Waals surface area contributed by atoms with Crippen molar-refractivity contribution in [1.29, 1.82) is 0 Å². The van der Waals surface area contributed by atoms with E-state index in [4.69, 9.17) is 0 Å². The number of para-hydroxylation sites is 3. The molecule has 3 nitrogen and oxygen atoms in total. The van der Waals surface area contributed by atoms with Gasteiger partial charge in [0.2, 0.25) is 0 Å². The Balaban J connectivity index is 0.974. The zero-order chi connectivity index (χ0) is 45.2. The molecule has 0 unspecified atom stereocenters. The van der Waals surface area contributed by atoms with Crippen LogP contribution < -0.4 is 9.80 Å². The predicted octanol–water partition coefficient (Wildman–Crippen LogP) is 16.8. The van der Waals surface area contributed by atoms with Crippen LogP contribution in [0.5, 0.6) is 0 Å². The lowest BCUT2D eigenvalue weighted by Crippen LogP contribution is -2.10. The van der Waals surface area contributed by atoms with Gasteiger partial charge in [0.15, 0.2) is 0 Å². The van der Waals surface area contributed by atoms with E-state index in [0.29, 0.717) is 5.56 Å². The van der Waals surface area contributed by atoms with E-state index >= 15 is 0 Å². The minimum atomic E-state index is -0.113. The van der Waals surface area contributed by atoms with E-state index in [-0.39, 0.29) is 35.4 Å². The number of hydrogen-bond acceptors (Lipinski definition) is 2. The van der Waals surface area contributed by atoms with Crippen LogP contribution in [-0.2, 0) is 0 Å². The second kappa shape index (κ2) is 15.3. The fourth-order valence-electron chi connectivity index (χ4n) is 9.11. The Kier molecular flexibility index (Phi) is 7.84. The second-order valence-corrected chi connectivity index (χ2v) is 15.9. The molecule has 3 heteroatoms. The summed E-state index contributed by atoms with van der Waals surface area (Å²) in [5.41, 5.74) is 8.97. The summed E-state index contributed by atoms with van der Waals surface area (Å²) in [7, 11) is 0. The average molecular weight is 808 g/mol. The summed E-state index contributed by atoms with van der Waals surface area (Å²) in [4.78, 5) is 4.14. The highest BCUT2D eigenvalue weighted by Crippen LogP contribution is 2.42. The van der Waals surface area contributed by atoms with Gasteiger partial charge in [-0.2, -0.15) is 0 Å². The Morgan fingerprint density at radius 1 is 0.286 bits per heavy atom. The molecule has 63 heavy (non-hydrogen) atoms. The zero-order valence-corrected chi connectivity index (χ0v) is 34.2. The minimum Gasteiger partial charge on any atom is -0.310 e. The van der Waals surface area contributed by atoms with Crippen LogP contribution in [-0.4, -0.2) is 4.57 Å². The van der Waals surface area contributed by atoms with E-state index in [1.54, 1.807) is 0 Å². The molecule has 296 valence electrons. The third kappa shape index (κ3) is 6.55. The smallest absolute Gasteiger partial charge is 0.0645 e. The number of benzene rings is 11. The molecule has 12 aromatic rings. The second-order valence-electron chi connectivity index (χ2n) is 15.9. The maximum absolute atomic E-state index is 9.47. The number of aromatic nitrogens is 1. The van der Waals surface area contributed by atoms with Crippen LogP contribution in [0.25, 0.3) is 70.9 Å². The van der Waals surface area contributed by atoms with Gasteiger partial charge in [0.25, 0.3) is 0 Å². The Morgan fingerprint density at radius 3 is 1.41 bits per heavy atom. The summed E-state index contributed by atoms with van der Waals surface area (Å²) in [6.07, 6.45) is 0. The van der Waals surface area contributed by atoms with Gasteiger partial charge in [-0.1, -0.05) is 146 Å². The van der Waals surface area contributed by atoms with Crippen molar-refractivity contribution in [3.63, 3.8) is 0 Å². The summed E-state index contributed by atoms with van der Waals surface area (Å²) in [5.74, 6) is 0. The summed E-state index contributed by atoms with van der Waals surface area (Å²) in [5, 5.41) is 8.63. The van der Waals surface area contributed by atoms with Crippen LogP contribution in [0.3, 0.4) is 0 Å². The van der Waals surface area contributed by atoms with E-state index in [2.05, 4.69) is 143 Å². The van der Waals surface area contributed by atoms with Gasteiger partial charge in [-0.25, -0.2) is 0 Å². The molecule has 1 heterocycles. The molecular formula is C60H41N3. The van der Waals surface area contributed by atoms with Gasteiger partial charge in [0.1, 0.15) is 0 Å². The van der Waals surface area contributed by atoms with Gasteiger partial charge in [0, 0.05) is 50.6 Å². The fraction of sp³-hybridized carbons (Fsp3) is 0. The molecule has 1 aromatic heterocycles. The van der Waals surface area contributed by atoms with Gasteiger partial charge in [-0.3, -0.25) is 0 Å². The standard InChI is InChI=1S/C60H41N3/c1-3-17-50(18-4-1)61(53-32-27-42-13-7-9-15-45(42)38-53)52-30-25-44(26-31-52)47-23-24-49-40-55(34-29-48(49)37-47)62(54-33-28-43-14-8-10-16-46(43)39-54)56-35-36-60-58(41-56)57-21-11-12-22-59(57)63(60)51-19-5-2-6-20-51/h1-41H/i25D,26D,30D,31D.